The van der Waals surface area contributed by atoms with Gasteiger partial charge in [0.05, 0.1) is 42.7 Å². The van der Waals surface area contributed by atoms with Crippen LogP contribution in [0.4, 0.5) is 9.59 Å². The molecule has 5 N–H and O–H groups in total. The molecule has 0 unspecified atom stereocenters. The lowest BCUT2D eigenvalue weighted by molar-refractivity contribution is -0.184. The largest absolute Gasteiger partial charge is 0.443 e. The topological polar surface area (TPSA) is 165 Å². The van der Waals surface area contributed by atoms with Crippen molar-refractivity contribution in [2.45, 2.75) is 300 Å². The second kappa shape index (κ2) is 22.4. The number of nitrogens with one attached hydrogen (secondary N) is 2. The van der Waals surface area contributed by atoms with Gasteiger partial charge in [0, 0.05) is 32.0 Å². The SMILES string of the molecule is CC[Si](CC)(CC)O[C@H]1[C@H]2O[C@@H]([C@H](OC(=O)NC)C(C)C)C[C@@H](C)[C@@H]2[C@@]2(C)CC[C@@]34C[C@@]35CC[C@H](C)C(C)(C)[C@@H]5CC[C@H]4[C@]12C.CNC(=O)O[C@H](C(C)C)[C@H]1C[C@@H](C)[C@H]2[C@H](O1)[C@H](O)[C@@]1(C)[C@@H]3CC[C@H]4C(C)(C)[C@@H](O)CC[C@@]45C[C@@]35CC[C@]21C.CO. The van der Waals surface area contributed by atoms with Crippen molar-refractivity contribution in [2.75, 3.05) is 21.2 Å². The third-order valence-corrected chi connectivity index (χ3v) is 36.0. The molecule has 85 heavy (non-hydrogen) atoms. The van der Waals surface area contributed by atoms with Crippen LogP contribution < -0.4 is 10.6 Å². The highest BCUT2D eigenvalue weighted by molar-refractivity contribution is 6.73. The minimum atomic E-state index is -1.95. The molecule has 12 fully saturated rings. The third kappa shape index (κ3) is 8.95. The molecule has 0 aromatic carbocycles. The molecule has 10 saturated carbocycles. The van der Waals surface area contributed by atoms with Crippen LogP contribution in [0.3, 0.4) is 0 Å². The lowest BCUT2D eigenvalue weighted by Gasteiger charge is -2.64. The molecule has 13 heteroatoms. The second-order valence-corrected chi connectivity index (χ2v) is 39.3. The van der Waals surface area contributed by atoms with E-state index < -0.39 is 20.5 Å². The smallest absolute Gasteiger partial charge is 0.407 e. The van der Waals surface area contributed by atoms with Crippen molar-refractivity contribution >= 4 is 20.5 Å². The zero-order valence-electron chi connectivity index (χ0n) is 57.7. The minimum absolute atomic E-state index is 0.0205. The lowest BCUT2D eigenvalue weighted by atomic mass is 9.41. The van der Waals surface area contributed by atoms with Gasteiger partial charge in [-0.3, -0.25) is 0 Å². The number of amides is 2. The Labute approximate surface area is 517 Å². The van der Waals surface area contributed by atoms with E-state index in [-0.39, 0.29) is 93.8 Å². The fraction of sp³-hybridized carbons (Fsp3) is 0.972. The first kappa shape index (κ1) is 66.4. The summed E-state index contributed by atoms with van der Waals surface area (Å²) in [5, 5.41) is 35.6. The van der Waals surface area contributed by atoms with Crippen LogP contribution in [0.2, 0.25) is 18.1 Å². The number of hydrogen-bond donors (Lipinski definition) is 5. The molecule has 4 spiro atoms. The number of ether oxygens (including phenoxy) is 4. The molecule has 2 amide bonds. The Morgan fingerprint density at radius 2 is 0.953 bits per heavy atom. The van der Waals surface area contributed by atoms with Crippen LogP contribution in [0.1, 0.15) is 227 Å². The first-order valence-electron chi connectivity index (χ1n) is 35.4. The summed E-state index contributed by atoms with van der Waals surface area (Å²) < 4.78 is 34.1. The van der Waals surface area contributed by atoms with E-state index in [1.807, 2.05) is 0 Å². The standard InChI is InChI=1S/C39H69NO4Si.C32H53NO5.CH4O/c1-13-45(14-2,15-3)44-33-32-30(25(6)22-27(42-32)31(24(4)5)43-34(41)40-12)36(10)20-21-39-23-38(39)19-18-26(7)35(8,9)28(38)16-17-29(39)37(33,36)11;1-17(2)24(38-27(36)33-8)19-15-18(3)23-25(37-19)26(35)30(7)21-10-9-20-28(4,5)22(34)11-12-31(20)16-32(21,31)14-13-29(23,30)6;1-2/h24-33H,13-23H2,1-12H3,(H,40,41);17-26,34-35H,9-16H2,1-8H3,(H,33,36);2H,1H3/t25-,26+,27-,28+,29+,30+,31-,32+,33+,36-,37-,38-,39+;18-,19-,20+,21+,22+,23+,24-,25+,26+,29-,30-,31-,32+;/m11./s1. The number of fused-ring (bicyclic) bond motifs is 8. The maximum atomic E-state index is 12.5. The van der Waals surface area contributed by atoms with Crippen molar-refractivity contribution in [3.63, 3.8) is 0 Å². The fourth-order valence-electron chi connectivity index (χ4n) is 26.3. The number of aliphatic hydroxyl groups is 3. The van der Waals surface area contributed by atoms with E-state index in [1.165, 1.54) is 82.3 Å². The predicted molar refractivity (Wildman–Crippen MR) is 340 cm³/mol. The Bertz CT molecular complexity index is 2440. The molecule has 488 valence electrons. The maximum absolute atomic E-state index is 12.5. The molecule has 2 aliphatic heterocycles. The number of carbonyl (C=O) groups excluding carboxylic acids is 2. The molecule has 2 heterocycles. The summed E-state index contributed by atoms with van der Waals surface area (Å²) in [7, 11) is 2.30. The predicted octanol–water partition coefficient (Wildman–Crippen LogP) is 15.0. The zero-order valence-corrected chi connectivity index (χ0v) is 58.7. The monoisotopic (exact) mass is 1210 g/mol. The molecule has 12 nitrogen and oxygen atoms in total. The number of carbonyl (C=O) groups is 2. The lowest BCUT2D eigenvalue weighted by Crippen LogP contribution is -2.60. The minimum Gasteiger partial charge on any atom is -0.443 e. The number of rotatable bonds is 11. The highest BCUT2D eigenvalue weighted by Gasteiger charge is 2.87. The normalized spacial score (nSPS) is 50.5. The first-order chi connectivity index (χ1) is 39.8. The van der Waals surface area contributed by atoms with E-state index in [0.717, 1.165) is 57.5 Å². The van der Waals surface area contributed by atoms with E-state index in [1.54, 1.807) is 14.1 Å². The van der Waals surface area contributed by atoms with Gasteiger partial charge >= 0.3 is 12.2 Å². The summed E-state index contributed by atoms with van der Waals surface area (Å²) in [5.74, 6) is 5.43. The van der Waals surface area contributed by atoms with Gasteiger partial charge in [0.1, 0.15) is 12.2 Å². The van der Waals surface area contributed by atoms with Crippen LogP contribution in [-0.4, -0.2) is 112 Å². The number of alkyl carbamates (subject to hydrolysis) is 2. The summed E-state index contributed by atoms with van der Waals surface area (Å²) in [6.07, 6.45) is 17.2. The van der Waals surface area contributed by atoms with Crippen molar-refractivity contribution < 1.29 is 48.3 Å². The van der Waals surface area contributed by atoms with Gasteiger partial charge in [-0.05, 0) is 229 Å². The van der Waals surface area contributed by atoms with E-state index in [4.69, 9.17) is 28.5 Å². The average molecular weight is 1210 g/mol. The third-order valence-electron chi connectivity index (χ3n) is 31.4. The van der Waals surface area contributed by atoms with Gasteiger partial charge in [-0.25, -0.2) is 9.59 Å². The van der Waals surface area contributed by atoms with E-state index in [0.29, 0.717) is 68.5 Å². The van der Waals surface area contributed by atoms with Crippen molar-refractivity contribution in [3.05, 3.63) is 0 Å². The first-order valence-corrected chi connectivity index (χ1v) is 37.9. The molecule has 0 aromatic heterocycles. The number of aliphatic hydroxyl groups excluding tert-OH is 3. The highest BCUT2D eigenvalue weighted by Crippen LogP contribution is 2.91. The Hall–Kier alpha value is -1.48. The van der Waals surface area contributed by atoms with Gasteiger partial charge in [-0.15, -0.1) is 0 Å². The molecule has 0 bridgehead atoms. The molecular weight excluding hydrogens is 1080 g/mol. The van der Waals surface area contributed by atoms with Gasteiger partial charge in [-0.2, -0.15) is 0 Å². The van der Waals surface area contributed by atoms with Gasteiger partial charge in [0.2, 0.25) is 0 Å². The Morgan fingerprint density at radius 1 is 0.553 bits per heavy atom. The molecule has 2 saturated heterocycles. The van der Waals surface area contributed by atoms with Gasteiger partial charge < -0.3 is 49.3 Å². The quantitative estimate of drug-likeness (QED) is 0.126. The molecule has 10 aliphatic carbocycles. The van der Waals surface area contributed by atoms with Gasteiger partial charge in [0.15, 0.2) is 8.32 Å². The van der Waals surface area contributed by atoms with Crippen molar-refractivity contribution in [1.29, 1.82) is 0 Å². The highest BCUT2D eigenvalue weighted by atomic mass is 28.4. The fourth-order valence-corrected chi connectivity index (χ4v) is 29.3. The Balaban J connectivity index is 0.000000186. The van der Waals surface area contributed by atoms with Gasteiger partial charge in [-0.1, -0.05) is 125 Å². The van der Waals surface area contributed by atoms with Crippen molar-refractivity contribution in [3.8, 4) is 0 Å². The van der Waals surface area contributed by atoms with Crippen molar-refractivity contribution in [2.24, 2.45) is 119 Å². The molecule has 12 aliphatic rings. The number of hydrogen-bond acceptors (Lipinski definition) is 10. The van der Waals surface area contributed by atoms with E-state index in [9.17, 15) is 19.8 Å². The van der Waals surface area contributed by atoms with Crippen LogP contribution in [0, 0.1) is 119 Å². The average Bonchev–Trinajstić information content (AvgIpc) is 1.48. The molecule has 0 radical (unpaired) electrons. The maximum Gasteiger partial charge on any atom is 0.407 e. The van der Waals surface area contributed by atoms with Crippen molar-refractivity contribution in [1.82, 2.24) is 10.6 Å². The summed E-state index contributed by atoms with van der Waals surface area (Å²) in [5.41, 5.74) is 2.16. The van der Waals surface area contributed by atoms with Crippen LogP contribution in [0.15, 0.2) is 0 Å². The molecule has 0 aromatic rings. The summed E-state index contributed by atoms with van der Waals surface area (Å²) >= 11 is 0. The molecule has 26 atom stereocenters. The van der Waals surface area contributed by atoms with E-state index in [2.05, 4.69) is 135 Å². The second-order valence-electron chi connectivity index (χ2n) is 34.6. The summed E-state index contributed by atoms with van der Waals surface area (Å²) in [6, 6.07) is 3.51. The van der Waals surface area contributed by atoms with Crippen LogP contribution in [-0.2, 0) is 23.4 Å². The molecular formula is C72H126N2O10Si. The van der Waals surface area contributed by atoms with E-state index >= 15 is 0 Å². The summed E-state index contributed by atoms with van der Waals surface area (Å²) in [4.78, 5) is 24.7. The van der Waals surface area contributed by atoms with Gasteiger partial charge in [0.25, 0.3) is 0 Å². The Morgan fingerprint density at radius 3 is 1.41 bits per heavy atom. The van der Waals surface area contributed by atoms with Crippen LogP contribution in [0.5, 0.6) is 0 Å². The molecule has 12 rings (SSSR count). The van der Waals surface area contributed by atoms with Crippen LogP contribution >= 0.6 is 0 Å². The van der Waals surface area contributed by atoms with Crippen LogP contribution in [0.25, 0.3) is 0 Å². The summed E-state index contributed by atoms with van der Waals surface area (Å²) in [6.45, 7) is 43.2. The Kier molecular flexibility index (Phi) is 17.5. The zero-order chi connectivity index (χ0) is 62.6.